The van der Waals surface area contributed by atoms with Crippen molar-refractivity contribution in [2.24, 2.45) is 5.92 Å². The van der Waals surface area contributed by atoms with Gasteiger partial charge in [0.05, 0.1) is 26.2 Å². The van der Waals surface area contributed by atoms with Crippen LogP contribution in [0.4, 0.5) is 0 Å². The van der Waals surface area contributed by atoms with Crippen LogP contribution in [0.5, 0.6) is 0 Å². The maximum Gasteiger partial charge on any atom is 0.472 e. The minimum Gasteiger partial charge on any atom is -0.462 e. The zero-order chi connectivity index (χ0) is 56.5. The summed E-state index contributed by atoms with van der Waals surface area (Å²) in [5.74, 6) is -3.46. The van der Waals surface area contributed by atoms with E-state index in [0.29, 0.717) is 19.3 Å². The Morgan fingerprint density at radius 2 is 1.17 bits per heavy atom. The van der Waals surface area contributed by atoms with E-state index >= 15 is 0 Å². The Morgan fingerprint density at radius 1 is 0.649 bits per heavy atom. The van der Waals surface area contributed by atoms with Crippen molar-refractivity contribution >= 4 is 54.3 Å². The zero-order valence-electron chi connectivity index (χ0n) is 48.3. The van der Waals surface area contributed by atoms with Crippen LogP contribution in [0.2, 0.25) is 0 Å². The molecule has 77 heavy (non-hydrogen) atoms. The number of ether oxygens (including phenoxy) is 2. The predicted molar refractivity (Wildman–Crippen MR) is 305 cm³/mol. The number of nitrogens with one attached hydrogen (secondary N) is 5. The lowest BCUT2D eigenvalue weighted by atomic mass is 9.97. The van der Waals surface area contributed by atoms with Crippen LogP contribution in [0.25, 0.3) is 10.9 Å². The monoisotopic (exact) mass is 1100 g/mol. The number of aromatic amines is 1. The smallest absolute Gasteiger partial charge is 0.462 e. The molecule has 1 aromatic heterocycles. The second-order valence-electron chi connectivity index (χ2n) is 21.1. The molecule has 0 aliphatic heterocycles. The van der Waals surface area contributed by atoms with Crippen molar-refractivity contribution in [1.82, 2.24) is 26.3 Å². The normalized spacial score (nSPS) is 13.8. The second kappa shape index (κ2) is 42.6. The van der Waals surface area contributed by atoms with Gasteiger partial charge in [-0.15, -0.1) is 0 Å². The predicted octanol–water partition coefficient (Wildman–Crippen LogP) is 11.8. The number of aryl methyl sites for hydroxylation is 1. The first-order valence-electron chi connectivity index (χ1n) is 29.7. The first-order valence-corrected chi connectivity index (χ1v) is 31.2. The highest BCUT2D eigenvalue weighted by atomic mass is 31.2. The van der Waals surface area contributed by atoms with E-state index in [4.69, 9.17) is 18.5 Å². The second-order valence-corrected chi connectivity index (χ2v) is 22.6. The number of benzene rings is 1. The quantitative estimate of drug-likeness (QED) is 0.0206. The third-order valence-corrected chi connectivity index (χ3v) is 15.0. The molecule has 0 aliphatic rings. The molecule has 5 atom stereocenters. The molecule has 1 unspecified atom stereocenters. The number of hydrogen-bond donors (Lipinski definition) is 6. The molecule has 0 spiro atoms. The van der Waals surface area contributed by atoms with E-state index in [1.807, 2.05) is 39.0 Å². The van der Waals surface area contributed by atoms with Crippen LogP contribution in [0.3, 0.4) is 0 Å². The Bertz CT molecular complexity index is 2010. The molecular weight excluding hydrogens is 1000 g/mol. The zero-order valence-corrected chi connectivity index (χ0v) is 49.1. The van der Waals surface area contributed by atoms with E-state index in [1.54, 1.807) is 6.20 Å². The van der Waals surface area contributed by atoms with E-state index in [-0.39, 0.29) is 50.8 Å². The van der Waals surface area contributed by atoms with Crippen molar-refractivity contribution < 1.29 is 56.7 Å². The molecule has 2 aromatic rings. The van der Waals surface area contributed by atoms with E-state index in [2.05, 4.69) is 40.1 Å². The molecule has 6 N–H and O–H groups in total. The molecule has 0 fully saturated rings. The number of phosphoric acid groups is 1. The molecule has 440 valence electrons. The van der Waals surface area contributed by atoms with Gasteiger partial charge in [0.25, 0.3) is 0 Å². The minimum absolute atomic E-state index is 0.0535. The number of fused-ring (bicyclic) bond motifs is 1. The highest BCUT2D eigenvalue weighted by Gasteiger charge is 2.30. The third kappa shape index (κ3) is 33.7. The van der Waals surface area contributed by atoms with Gasteiger partial charge in [-0.25, -0.2) is 4.57 Å². The summed E-state index contributed by atoms with van der Waals surface area (Å²) in [6.45, 7) is 9.29. The summed E-state index contributed by atoms with van der Waals surface area (Å²) in [5, 5.41) is 11.4. The van der Waals surface area contributed by atoms with E-state index < -0.39 is 68.9 Å². The highest BCUT2D eigenvalue weighted by Crippen LogP contribution is 2.43. The van der Waals surface area contributed by atoms with E-state index in [1.165, 1.54) is 116 Å². The molecular formula is C59H102N5O12P. The number of carbonyl (C=O) groups is 6. The lowest BCUT2D eigenvalue weighted by Gasteiger charge is -2.24. The summed E-state index contributed by atoms with van der Waals surface area (Å²) in [6, 6.07) is 3.56. The van der Waals surface area contributed by atoms with Crippen LogP contribution in [-0.2, 0) is 58.3 Å². The molecule has 2 rings (SSSR count). The maximum atomic E-state index is 13.5. The van der Waals surface area contributed by atoms with Gasteiger partial charge in [-0.05, 0) is 43.4 Å². The molecule has 1 heterocycles. The van der Waals surface area contributed by atoms with Crippen molar-refractivity contribution in [2.45, 2.75) is 252 Å². The SMILES string of the molecule is CCCCCCCCCCCCCCCC(=O)OC[C@H](CNC(=O)[C@@H](COP(=O)(O)OCCNC(=O)[C@@H](NC(=O)Cc1c[nH]c2ccc(C)cc12)[C@@H](C)CC)NC(C)=O)OC(=O)CCCCCCCCCCCCCCC. The molecule has 0 bridgehead atoms. The van der Waals surface area contributed by atoms with Gasteiger partial charge in [0.2, 0.25) is 23.6 Å². The van der Waals surface area contributed by atoms with Crippen LogP contribution in [0.15, 0.2) is 24.4 Å². The number of aromatic nitrogens is 1. The van der Waals surface area contributed by atoms with E-state index in [0.717, 1.165) is 67.5 Å². The maximum absolute atomic E-state index is 13.5. The summed E-state index contributed by atoms with van der Waals surface area (Å²) in [6.07, 6.45) is 32.2. The summed E-state index contributed by atoms with van der Waals surface area (Å²) in [7, 11) is -4.83. The van der Waals surface area contributed by atoms with Gasteiger partial charge in [0.15, 0.2) is 6.10 Å². The Balaban J connectivity index is 1.88. The number of unbranched alkanes of at least 4 members (excludes halogenated alkanes) is 24. The molecule has 0 aliphatic carbocycles. The van der Waals surface area contributed by atoms with Gasteiger partial charge in [-0.2, -0.15) is 0 Å². The number of phosphoric ester groups is 1. The lowest BCUT2D eigenvalue weighted by Crippen LogP contribution is -2.51. The highest BCUT2D eigenvalue weighted by molar-refractivity contribution is 7.47. The summed E-state index contributed by atoms with van der Waals surface area (Å²) < 4.78 is 34.4. The van der Waals surface area contributed by atoms with Crippen molar-refractivity contribution in [3.05, 3.63) is 35.5 Å². The summed E-state index contributed by atoms with van der Waals surface area (Å²) >= 11 is 0. The average molecular weight is 1100 g/mol. The number of carbonyl (C=O) groups excluding carboxylic acids is 6. The summed E-state index contributed by atoms with van der Waals surface area (Å²) in [5.41, 5.74) is 2.75. The first kappa shape index (κ1) is 68.8. The molecule has 0 saturated carbocycles. The van der Waals surface area contributed by atoms with E-state index in [9.17, 15) is 38.2 Å². The Kier molecular flexibility index (Phi) is 38.1. The molecule has 0 saturated heterocycles. The van der Waals surface area contributed by atoms with Gasteiger partial charge in [-0.3, -0.25) is 37.8 Å². The van der Waals surface area contributed by atoms with Crippen molar-refractivity contribution in [3.63, 3.8) is 0 Å². The van der Waals surface area contributed by atoms with Gasteiger partial charge in [0.1, 0.15) is 18.7 Å². The Labute approximate surface area is 462 Å². The molecule has 4 amide bonds. The van der Waals surface area contributed by atoms with Gasteiger partial charge in [-0.1, -0.05) is 200 Å². The topological polar surface area (TPSA) is 241 Å². The fraction of sp³-hybridized carbons (Fsp3) is 0.763. The van der Waals surface area contributed by atoms with Gasteiger partial charge in [0, 0.05) is 43.4 Å². The molecule has 18 heteroatoms. The number of rotatable bonds is 48. The van der Waals surface area contributed by atoms with Crippen LogP contribution in [0, 0.1) is 12.8 Å². The fourth-order valence-electron chi connectivity index (χ4n) is 9.17. The lowest BCUT2D eigenvalue weighted by molar-refractivity contribution is -0.159. The number of hydrogen-bond acceptors (Lipinski definition) is 11. The largest absolute Gasteiger partial charge is 0.472 e. The number of H-pyrrole nitrogens is 1. The third-order valence-electron chi connectivity index (χ3n) is 14.0. The Morgan fingerprint density at radius 3 is 1.69 bits per heavy atom. The molecule has 1 aromatic carbocycles. The minimum atomic E-state index is -4.83. The van der Waals surface area contributed by atoms with Crippen molar-refractivity contribution in [2.75, 3.05) is 32.9 Å². The average Bonchev–Trinajstić information content (AvgIpc) is 3.79. The van der Waals surface area contributed by atoms with Crippen molar-refractivity contribution in [1.29, 1.82) is 0 Å². The first-order chi connectivity index (χ1) is 37.1. The van der Waals surface area contributed by atoms with Gasteiger partial charge < -0.3 is 40.6 Å². The Hall–Kier alpha value is -4.31. The summed E-state index contributed by atoms with van der Waals surface area (Å²) in [4.78, 5) is 91.6. The molecule has 17 nitrogen and oxygen atoms in total. The van der Waals surface area contributed by atoms with Crippen LogP contribution >= 0.6 is 7.82 Å². The number of esters is 2. The fourth-order valence-corrected chi connectivity index (χ4v) is 9.90. The van der Waals surface area contributed by atoms with Crippen molar-refractivity contribution in [3.8, 4) is 0 Å². The van der Waals surface area contributed by atoms with Crippen LogP contribution in [0.1, 0.15) is 232 Å². The van der Waals surface area contributed by atoms with Crippen LogP contribution in [-0.4, -0.2) is 96.5 Å². The van der Waals surface area contributed by atoms with Crippen LogP contribution < -0.4 is 21.3 Å². The van der Waals surface area contributed by atoms with Gasteiger partial charge >= 0.3 is 19.8 Å². The standard InChI is InChI=1S/C59H102N5O12P/c1-7-10-12-14-16-18-20-22-24-26-28-30-32-34-55(67)73-44-50(76-56(68)35-33-31-29-27-25-23-21-19-17-15-13-11-8-2)43-62-58(69)53(63-48(6)65)45-75-77(71,72)74-39-38-60-59(70)57(47(5)9-3)64-54(66)41-49-42-61-52-37-36-46(4)40-51(49)52/h36-37,40,42,47,50,53,57,61H,7-35,38-39,41,43-45H2,1-6H3,(H,60,70)(H,62,69)(H,63,65)(H,64,66)(H,71,72)/t47-,50-,53+,57-/m0/s1. The number of amides is 4. The molecule has 0 radical (unpaired) electrons.